The second kappa shape index (κ2) is 4.04. The summed E-state index contributed by atoms with van der Waals surface area (Å²) in [6.07, 6.45) is 4.20. The zero-order valence-corrected chi connectivity index (χ0v) is 8.57. The fourth-order valence-electron chi connectivity index (χ4n) is 1.31. The van der Waals surface area contributed by atoms with Crippen LogP contribution in [0.5, 0.6) is 0 Å². The van der Waals surface area contributed by atoms with Gasteiger partial charge in [-0.25, -0.2) is 19.6 Å². The number of rotatable bonds is 2. The molecule has 0 amide bonds. The molecule has 0 fully saturated rings. The number of nitrogens with two attached hydrogens (primary N) is 1. The van der Waals surface area contributed by atoms with Crippen molar-refractivity contribution >= 4 is 0 Å². The van der Waals surface area contributed by atoms with E-state index in [-0.39, 0.29) is 11.7 Å². The van der Waals surface area contributed by atoms with Crippen LogP contribution in [-0.4, -0.2) is 24.7 Å². The van der Waals surface area contributed by atoms with Crippen LogP contribution >= 0.6 is 0 Å². The molecule has 16 heavy (non-hydrogen) atoms. The monoisotopic (exact) mass is 215 g/mol. The van der Waals surface area contributed by atoms with Crippen molar-refractivity contribution in [3.63, 3.8) is 0 Å². The summed E-state index contributed by atoms with van der Waals surface area (Å²) in [7, 11) is 0. The molecule has 0 aliphatic carbocycles. The van der Waals surface area contributed by atoms with Gasteiger partial charge in [0.2, 0.25) is 0 Å². The standard InChI is InChI=1S/C9H9N7/c1-6(11)9-14-5-15-16(9)8-3-12-4-13-7(8)2-10/h3-6H,11H2,1H3. The van der Waals surface area contributed by atoms with E-state index in [1.807, 2.05) is 6.07 Å². The first-order valence-corrected chi connectivity index (χ1v) is 4.60. The molecule has 7 heteroatoms. The van der Waals surface area contributed by atoms with Gasteiger partial charge < -0.3 is 5.73 Å². The maximum Gasteiger partial charge on any atom is 0.169 e. The number of hydrogen-bond donors (Lipinski definition) is 1. The van der Waals surface area contributed by atoms with Gasteiger partial charge in [-0.1, -0.05) is 0 Å². The lowest BCUT2D eigenvalue weighted by Gasteiger charge is -2.08. The molecule has 2 N–H and O–H groups in total. The van der Waals surface area contributed by atoms with E-state index >= 15 is 0 Å². The van der Waals surface area contributed by atoms with Crippen LogP contribution in [0.25, 0.3) is 5.69 Å². The van der Waals surface area contributed by atoms with Gasteiger partial charge in [0.05, 0.1) is 12.2 Å². The predicted molar refractivity (Wildman–Crippen MR) is 54.3 cm³/mol. The molecule has 0 saturated heterocycles. The highest BCUT2D eigenvalue weighted by Gasteiger charge is 2.14. The van der Waals surface area contributed by atoms with Gasteiger partial charge in [0.1, 0.15) is 30.2 Å². The van der Waals surface area contributed by atoms with Crippen LogP contribution in [0.2, 0.25) is 0 Å². The van der Waals surface area contributed by atoms with Crippen molar-refractivity contribution in [2.75, 3.05) is 0 Å². The van der Waals surface area contributed by atoms with E-state index in [9.17, 15) is 0 Å². The topological polar surface area (TPSA) is 106 Å². The molecule has 0 spiro atoms. The Labute approximate surface area is 91.6 Å². The van der Waals surface area contributed by atoms with E-state index in [2.05, 4.69) is 20.1 Å². The fourth-order valence-corrected chi connectivity index (χ4v) is 1.31. The van der Waals surface area contributed by atoms with Crippen molar-refractivity contribution in [3.05, 3.63) is 30.4 Å². The Morgan fingerprint density at radius 3 is 2.94 bits per heavy atom. The van der Waals surface area contributed by atoms with Crippen molar-refractivity contribution in [1.29, 1.82) is 5.26 Å². The third-order valence-corrected chi connectivity index (χ3v) is 2.01. The van der Waals surface area contributed by atoms with Crippen LogP contribution in [0, 0.1) is 11.3 Å². The highest BCUT2D eigenvalue weighted by atomic mass is 15.3. The molecule has 0 aliphatic rings. The fraction of sp³-hybridized carbons (Fsp3) is 0.222. The summed E-state index contributed by atoms with van der Waals surface area (Å²) in [6.45, 7) is 1.79. The average molecular weight is 215 g/mol. The van der Waals surface area contributed by atoms with E-state index in [1.165, 1.54) is 23.5 Å². The average Bonchev–Trinajstić information content (AvgIpc) is 2.77. The van der Waals surface area contributed by atoms with Crippen molar-refractivity contribution in [2.45, 2.75) is 13.0 Å². The van der Waals surface area contributed by atoms with E-state index in [0.29, 0.717) is 11.5 Å². The molecular weight excluding hydrogens is 206 g/mol. The van der Waals surface area contributed by atoms with E-state index in [1.54, 1.807) is 6.92 Å². The third-order valence-electron chi connectivity index (χ3n) is 2.01. The molecule has 0 bridgehead atoms. The van der Waals surface area contributed by atoms with Crippen LogP contribution in [0.1, 0.15) is 24.5 Å². The van der Waals surface area contributed by atoms with Gasteiger partial charge in [-0.05, 0) is 6.92 Å². The smallest absolute Gasteiger partial charge is 0.169 e. The van der Waals surface area contributed by atoms with Gasteiger partial charge in [0, 0.05) is 0 Å². The Balaban J connectivity index is 2.60. The summed E-state index contributed by atoms with van der Waals surface area (Å²) in [5.74, 6) is 0.561. The van der Waals surface area contributed by atoms with E-state index < -0.39 is 0 Å². The second-order valence-corrected chi connectivity index (χ2v) is 3.19. The van der Waals surface area contributed by atoms with Crippen LogP contribution in [-0.2, 0) is 0 Å². The molecule has 7 nitrogen and oxygen atoms in total. The molecule has 0 saturated carbocycles. The number of hydrogen-bond acceptors (Lipinski definition) is 6. The minimum absolute atomic E-state index is 0.238. The lowest BCUT2D eigenvalue weighted by Crippen LogP contribution is -2.14. The van der Waals surface area contributed by atoms with Crippen LogP contribution in [0.15, 0.2) is 18.9 Å². The quantitative estimate of drug-likeness (QED) is 0.752. The van der Waals surface area contributed by atoms with E-state index in [4.69, 9.17) is 11.0 Å². The Morgan fingerprint density at radius 2 is 2.25 bits per heavy atom. The minimum atomic E-state index is -0.283. The molecule has 0 aromatic carbocycles. The van der Waals surface area contributed by atoms with Crippen LogP contribution < -0.4 is 5.73 Å². The highest BCUT2D eigenvalue weighted by molar-refractivity contribution is 5.41. The zero-order valence-electron chi connectivity index (χ0n) is 8.57. The summed E-state index contributed by atoms with van der Waals surface area (Å²) in [5.41, 5.74) is 6.46. The molecule has 2 aromatic rings. The molecular formula is C9H9N7. The summed E-state index contributed by atoms with van der Waals surface area (Å²) in [6, 6.07) is 1.69. The van der Waals surface area contributed by atoms with Gasteiger partial charge >= 0.3 is 0 Å². The Hall–Kier alpha value is -2.33. The predicted octanol–water partition coefficient (Wildman–Crippen LogP) is -0.0513. The maximum atomic E-state index is 8.91. The highest BCUT2D eigenvalue weighted by Crippen LogP contribution is 2.13. The molecule has 2 aromatic heterocycles. The Bertz CT molecular complexity index is 537. The molecule has 0 radical (unpaired) electrons. The first kappa shape index (κ1) is 10.2. The Kier molecular flexibility index (Phi) is 2.57. The van der Waals surface area contributed by atoms with Crippen molar-refractivity contribution in [2.24, 2.45) is 5.73 Å². The van der Waals surface area contributed by atoms with Gasteiger partial charge in [0.25, 0.3) is 0 Å². The van der Waals surface area contributed by atoms with Crippen LogP contribution in [0.3, 0.4) is 0 Å². The molecule has 80 valence electrons. The second-order valence-electron chi connectivity index (χ2n) is 3.19. The summed E-state index contributed by atoms with van der Waals surface area (Å²) in [4.78, 5) is 11.7. The van der Waals surface area contributed by atoms with Crippen molar-refractivity contribution in [3.8, 4) is 11.8 Å². The lowest BCUT2D eigenvalue weighted by molar-refractivity contribution is 0.686. The molecule has 0 aliphatic heterocycles. The first-order chi connectivity index (χ1) is 7.74. The maximum absolute atomic E-state index is 8.91. The SMILES string of the molecule is CC(N)c1ncnn1-c1cncnc1C#N. The normalized spacial score (nSPS) is 12.1. The molecule has 1 atom stereocenters. The summed E-state index contributed by atoms with van der Waals surface area (Å²) < 4.78 is 1.48. The number of nitriles is 1. The first-order valence-electron chi connectivity index (χ1n) is 4.60. The largest absolute Gasteiger partial charge is 0.322 e. The van der Waals surface area contributed by atoms with Crippen molar-refractivity contribution < 1.29 is 0 Å². The van der Waals surface area contributed by atoms with Crippen molar-refractivity contribution in [1.82, 2.24) is 24.7 Å². The number of nitrogens with zero attached hydrogens (tertiary/aromatic N) is 6. The van der Waals surface area contributed by atoms with Crippen LogP contribution in [0.4, 0.5) is 0 Å². The zero-order chi connectivity index (χ0) is 11.5. The van der Waals surface area contributed by atoms with Gasteiger partial charge in [-0.3, -0.25) is 0 Å². The van der Waals surface area contributed by atoms with Gasteiger partial charge in [0.15, 0.2) is 5.69 Å². The lowest BCUT2D eigenvalue weighted by atomic mass is 10.3. The molecule has 1 unspecified atom stereocenters. The molecule has 2 heterocycles. The summed E-state index contributed by atoms with van der Waals surface area (Å²) >= 11 is 0. The summed E-state index contributed by atoms with van der Waals surface area (Å²) in [5, 5.41) is 12.9. The van der Waals surface area contributed by atoms with Gasteiger partial charge in [-0.2, -0.15) is 10.4 Å². The van der Waals surface area contributed by atoms with E-state index in [0.717, 1.165) is 0 Å². The Morgan fingerprint density at radius 1 is 1.44 bits per heavy atom. The molecule has 2 rings (SSSR count). The minimum Gasteiger partial charge on any atom is -0.322 e. The van der Waals surface area contributed by atoms with Gasteiger partial charge in [-0.15, -0.1) is 0 Å². The number of aromatic nitrogens is 5. The third kappa shape index (κ3) is 1.62.